The molecule has 0 aromatic heterocycles. The second-order valence-electron chi connectivity index (χ2n) is 3.83. The lowest BCUT2D eigenvalue weighted by molar-refractivity contribution is -0.120. The van der Waals surface area contributed by atoms with Crippen LogP contribution in [-0.2, 0) is 22.0 Å². The van der Waals surface area contributed by atoms with E-state index in [0.717, 1.165) is 11.3 Å². The van der Waals surface area contributed by atoms with Gasteiger partial charge in [0.2, 0.25) is 5.91 Å². The third-order valence-corrected chi connectivity index (χ3v) is 3.17. The molecule has 17 heavy (non-hydrogen) atoms. The Kier molecular flexibility index (Phi) is 5.69. The number of anilines is 1. The molecule has 0 bridgehead atoms. The van der Waals surface area contributed by atoms with Gasteiger partial charge < -0.3 is 11.1 Å². The van der Waals surface area contributed by atoms with Crippen LogP contribution in [0.1, 0.15) is 12.0 Å². The minimum atomic E-state index is -0.860. The Morgan fingerprint density at radius 1 is 1.41 bits per heavy atom. The van der Waals surface area contributed by atoms with Crippen LogP contribution in [0.3, 0.4) is 0 Å². The van der Waals surface area contributed by atoms with Gasteiger partial charge in [-0.3, -0.25) is 9.00 Å². The average molecular weight is 254 g/mol. The molecule has 3 N–H and O–H groups in total. The lowest BCUT2D eigenvalue weighted by Gasteiger charge is -2.06. The zero-order valence-electron chi connectivity index (χ0n) is 9.94. The second-order valence-corrected chi connectivity index (χ2v) is 5.38. The Labute approximate surface area is 104 Å². The van der Waals surface area contributed by atoms with Crippen LogP contribution in [-0.4, -0.2) is 28.7 Å². The molecular weight excluding hydrogens is 236 g/mol. The molecule has 0 aliphatic heterocycles. The fourth-order valence-electron chi connectivity index (χ4n) is 1.43. The molecular formula is C12H18N2O2S. The Hall–Kier alpha value is -1.36. The fraction of sp³-hybridized carbons (Fsp3) is 0.417. The summed E-state index contributed by atoms with van der Waals surface area (Å²) in [6.07, 6.45) is 2.66. The van der Waals surface area contributed by atoms with Gasteiger partial charge in [-0.2, -0.15) is 0 Å². The number of amides is 1. The van der Waals surface area contributed by atoms with Gasteiger partial charge in [0.15, 0.2) is 0 Å². The molecule has 1 rings (SSSR count). The monoisotopic (exact) mass is 254 g/mol. The van der Waals surface area contributed by atoms with Crippen molar-refractivity contribution in [1.82, 2.24) is 5.32 Å². The van der Waals surface area contributed by atoms with Crippen molar-refractivity contribution < 1.29 is 9.00 Å². The quantitative estimate of drug-likeness (QED) is 0.734. The maximum absolute atomic E-state index is 11.5. The number of nitrogens with one attached hydrogen (secondary N) is 1. The van der Waals surface area contributed by atoms with Gasteiger partial charge in [-0.1, -0.05) is 18.2 Å². The summed E-state index contributed by atoms with van der Waals surface area (Å²) in [5.74, 6) is 0.470. The largest absolute Gasteiger partial charge is 0.399 e. The van der Waals surface area contributed by atoms with Gasteiger partial charge in [-0.15, -0.1) is 0 Å². The van der Waals surface area contributed by atoms with Crippen LogP contribution in [0.15, 0.2) is 24.3 Å². The van der Waals surface area contributed by atoms with Crippen molar-refractivity contribution in [2.24, 2.45) is 0 Å². The van der Waals surface area contributed by atoms with Gasteiger partial charge in [0, 0.05) is 41.5 Å². The van der Waals surface area contributed by atoms with E-state index in [0.29, 0.717) is 25.1 Å². The van der Waals surface area contributed by atoms with E-state index in [2.05, 4.69) is 5.32 Å². The predicted octanol–water partition coefficient (Wildman–Crippen LogP) is 0.696. The number of hydrogen-bond acceptors (Lipinski definition) is 3. The first-order valence-electron chi connectivity index (χ1n) is 5.49. The summed E-state index contributed by atoms with van der Waals surface area (Å²) in [6, 6.07) is 7.52. The first-order valence-corrected chi connectivity index (χ1v) is 7.22. The van der Waals surface area contributed by atoms with E-state index in [1.165, 1.54) is 0 Å². The van der Waals surface area contributed by atoms with Crippen LogP contribution < -0.4 is 11.1 Å². The van der Waals surface area contributed by atoms with E-state index < -0.39 is 10.8 Å². The van der Waals surface area contributed by atoms with E-state index >= 15 is 0 Å². The highest BCUT2D eigenvalue weighted by Crippen LogP contribution is 2.12. The standard InChI is InChI=1S/C12H18N2O2S/c1-17(16)9-8-14-12(15)7-6-10-4-2-3-5-11(10)13/h2-5H,6-9,13H2,1H3,(H,14,15). The first-order chi connectivity index (χ1) is 8.09. The molecule has 0 radical (unpaired) electrons. The highest BCUT2D eigenvalue weighted by molar-refractivity contribution is 7.84. The molecule has 5 heteroatoms. The summed E-state index contributed by atoms with van der Waals surface area (Å²) in [5.41, 5.74) is 7.48. The van der Waals surface area contributed by atoms with Crippen LogP contribution in [0.25, 0.3) is 0 Å². The van der Waals surface area contributed by atoms with Crippen molar-refractivity contribution >= 4 is 22.4 Å². The molecule has 0 aliphatic carbocycles. The molecule has 4 nitrogen and oxygen atoms in total. The molecule has 0 saturated heterocycles. The van der Waals surface area contributed by atoms with Gasteiger partial charge in [0.1, 0.15) is 0 Å². The number of carbonyl (C=O) groups excluding carboxylic acids is 1. The molecule has 94 valence electrons. The van der Waals surface area contributed by atoms with Gasteiger partial charge in [0.05, 0.1) is 0 Å². The van der Waals surface area contributed by atoms with Crippen LogP contribution in [0, 0.1) is 0 Å². The van der Waals surface area contributed by atoms with Crippen molar-refractivity contribution in [3.05, 3.63) is 29.8 Å². The van der Waals surface area contributed by atoms with Crippen LogP contribution in [0.2, 0.25) is 0 Å². The number of carbonyl (C=O) groups is 1. The van der Waals surface area contributed by atoms with E-state index in [4.69, 9.17) is 5.73 Å². The number of para-hydroxylation sites is 1. The lowest BCUT2D eigenvalue weighted by atomic mass is 10.1. The van der Waals surface area contributed by atoms with Crippen molar-refractivity contribution in [2.75, 3.05) is 24.3 Å². The zero-order valence-corrected chi connectivity index (χ0v) is 10.8. The number of hydrogen-bond donors (Lipinski definition) is 2. The van der Waals surface area contributed by atoms with E-state index in [1.54, 1.807) is 6.26 Å². The third kappa shape index (κ3) is 5.49. The first kappa shape index (κ1) is 13.7. The minimum absolute atomic E-state index is 0.0290. The zero-order chi connectivity index (χ0) is 12.7. The number of nitrogen functional groups attached to an aromatic ring is 1. The number of benzene rings is 1. The molecule has 0 saturated carbocycles. The predicted molar refractivity (Wildman–Crippen MR) is 71.1 cm³/mol. The maximum atomic E-state index is 11.5. The van der Waals surface area contributed by atoms with Gasteiger partial charge >= 0.3 is 0 Å². The van der Waals surface area contributed by atoms with E-state index in [9.17, 15) is 9.00 Å². The second kappa shape index (κ2) is 7.06. The molecule has 0 heterocycles. The van der Waals surface area contributed by atoms with E-state index in [1.807, 2.05) is 24.3 Å². The topological polar surface area (TPSA) is 72.2 Å². The summed E-state index contributed by atoms with van der Waals surface area (Å²) in [7, 11) is -0.860. The highest BCUT2D eigenvalue weighted by atomic mass is 32.2. The molecule has 1 unspecified atom stereocenters. The highest BCUT2D eigenvalue weighted by Gasteiger charge is 2.04. The van der Waals surface area contributed by atoms with Gasteiger partial charge in [-0.05, 0) is 18.1 Å². The summed E-state index contributed by atoms with van der Waals surface area (Å²) < 4.78 is 10.8. The molecule has 1 amide bonds. The molecule has 1 atom stereocenters. The lowest BCUT2D eigenvalue weighted by Crippen LogP contribution is -2.27. The van der Waals surface area contributed by atoms with Crippen LogP contribution >= 0.6 is 0 Å². The minimum Gasteiger partial charge on any atom is -0.399 e. The van der Waals surface area contributed by atoms with Crippen LogP contribution in [0.4, 0.5) is 5.69 Å². The Morgan fingerprint density at radius 3 is 2.76 bits per heavy atom. The molecule has 0 spiro atoms. The Bertz CT molecular complexity index is 407. The maximum Gasteiger partial charge on any atom is 0.220 e. The smallest absolute Gasteiger partial charge is 0.220 e. The number of nitrogens with two attached hydrogens (primary N) is 1. The van der Waals surface area contributed by atoms with Crippen molar-refractivity contribution in [2.45, 2.75) is 12.8 Å². The van der Waals surface area contributed by atoms with Crippen molar-refractivity contribution in [3.8, 4) is 0 Å². The average Bonchev–Trinajstić information content (AvgIpc) is 2.27. The van der Waals surface area contributed by atoms with Crippen molar-refractivity contribution in [1.29, 1.82) is 0 Å². The molecule has 0 fully saturated rings. The summed E-state index contributed by atoms with van der Waals surface area (Å²) >= 11 is 0. The van der Waals surface area contributed by atoms with Gasteiger partial charge in [-0.25, -0.2) is 0 Å². The SMILES string of the molecule is CS(=O)CCNC(=O)CCc1ccccc1N. The van der Waals surface area contributed by atoms with Gasteiger partial charge in [0.25, 0.3) is 0 Å². The molecule has 1 aromatic rings. The summed E-state index contributed by atoms with van der Waals surface area (Å²) in [5, 5.41) is 2.73. The third-order valence-electron chi connectivity index (χ3n) is 2.39. The fourth-order valence-corrected chi connectivity index (χ4v) is 1.82. The number of rotatable bonds is 6. The molecule has 0 aliphatic rings. The Balaban J connectivity index is 2.29. The summed E-state index contributed by atoms with van der Waals surface area (Å²) in [4.78, 5) is 11.5. The normalized spacial score (nSPS) is 12.1. The van der Waals surface area contributed by atoms with Crippen molar-refractivity contribution in [3.63, 3.8) is 0 Å². The number of aryl methyl sites for hydroxylation is 1. The molecule has 1 aromatic carbocycles. The summed E-state index contributed by atoms with van der Waals surface area (Å²) in [6.45, 7) is 0.465. The van der Waals surface area contributed by atoms with Crippen LogP contribution in [0.5, 0.6) is 0 Å². The van der Waals surface area contributed by atoms with E-state index in [-0.39, 0.29) is 5.91 Å². The Morgan fingerprint density at radius 2 is 2.12 bits per heavy atom.